The van der Waals surface area contributed by atoms with Gasteiger partial charge in [-0.25, -0.2) is 0 Å². The summed E-state index contributed by atoms with van der Waals surface area (Å²) < 4.78 is 2.92. The van der Waals surface area contributed by atoms with E-state index in [-0.39, 0.29) is 12.2 Å². The minimum Gasteiger partial charge on any atom is -0.374 e. The number of aromatic amines is 1. The van der Waals surface area contributed by atoms with Crippen LogP contribution in [0.15, 0.2) is 59.2 Å². The number of hydrogen-bond donors (Lipinski definition) is 2. The summed E-state index contributed by atoms with van der Waals surface area (Å²) in [5.41, 5.74) is 2.88. The van der Waals surface area contributed by atoms with Crippen molar-refractivity contribution in [1.29, 1.82) is 0 Å². The van der Waals surface area contributed by atoms with E-state index in [1.54, 1.807) is 0 Å². The molecule has 0 unspecified atom stereocenters. The predicted octanol–water partition coefficient (Wildman–Crippen LogP) is 3.89. The maximum atomic E-state index is 12.0. The number of rotatable bonds is 2. The summed E-state index contributed by atoms with van der Waals surface area (Å²) in [4.78, 5) is 15.5. The molecule has 5 rings (SSSR count). The number of para-hydroxylation sites is 1. The zero-order chi connectivity index (χ0) is 18.1. The van der Waals surface area contributed by atoms with Crippen molar-refractivity contribution in [2.75, 3.05) is 0 Å². The largest absolute Gasteiger partial charge is 0.374 e. The van der Waals surface area contributed by atoms with Crippen molar-refractivity contribution in [3.05, 3.63) is 70.5 Å². The number of halogens is 1. The number of hydrogen-bond acceptors (Lipinski definition) is 2. The third-order valence-corrected chi connectivity index (χ3v) is 5.67. The molecular weight excluding hydrogens is 392 g/mol. The SMILES string of the molecule is CC(=O)C[C@]1(O)c2ccc(Br)cc2-[n+]2ccc3c([nH]c4ccccc43)c21. The zero-order valence-corrected chi connectivity index (χ0v) is 15.7. The Labute approximate surface area is 158 Å². The van der Waals surface area contributed by atoms with Gasteiger partial charge >= 0.3 is 0 Å². The molecule has 26 heavy (non-hydrogen) atoms. The summed E-state index contributed by atoms with van der Waals surface area (Å²) in [5.74, 6) is -0.0528. The summed E-state index contributed by atoms with van der Waals surface area (Å²) in [5, 5.41) is 13.9. The molecule has 128 valence electrons. The van der Waals surface area contributed by atoms with Crippen LogP contribution in [-0.4, -0.2) is 15.9 Å². The van der Waals surface area contributed by atoms with Crippen LogP contribution < -0.4 is 4.57 Å². The standard InChI is InChI=1S/C21H15BrN2O2/c1-12(25)11-21(26)16-7-6-13(22)10-18(16)24-9-8-15-14-4-2-3-5-17(14)23-19(15)20(21)24/h2-10,26H,11H2,1H3/p+1/t21-/m0/s1. The fraction of sp³-hybridized carbons (Fsp3) is 0.143. The lowest BCUT2D eigenvalue weighted by atomic mass is 9.87. The number of nitrogens with zero attached hydrogens (tertiary/aromatic N) is 1. The van der Waals surface area contributed by atoms with E-state index in [4.69, 9.17) is 0 Å². The van der Waals surface area contributed by atoms with E-state index in [1.807, 2.05) is 47.2 Å². The highest BCUT2D eigenvalue weighted by Gasteiger charge is 2.52. The van der Waals surface area contributed by atoms with Gasteiger partial charge in [-0.15, -0.1) is 0 Å². The lowest BCUT2D eigenvalue weighted by Crippen LogP contribution is -2.37. The zero-order valence-electron chi connectivity index (χ0n) is 14.1. The molecule has 5 heteroatoms. The molecule has 1 aliphatic rings. The molecule has 0 saturated heterocycles. The van der Waals surface area contributed by atoms with Gasteiger partial charge in [-0.1, -0.05) is 34.1 Å². The van der Waals surface area contributed by atoms with Crippen molar-refractivity contribution in [3.63, 3.8) is 0 Å². The van der Waals surface area contributed by atoms with Crippen LogP contribution in [-0.2, 0) is 10.4 Å². The molecule has 2 N–H and O–H groups in total. The molecule has 3 heterocycles. The first kappa shape index (κ1) is 15.7. The van der Waals surface area contributed by atoms with Gasteiger partial charge in [0, 0.05) is 39.3 Å². The number of pyridine rings is 1. The van der Waals surface area contributed by atoms with Crippen LogP contribution in [0.1, 0.15) is 24.6 Å². The molecule has 4 nitrogen and oxygen atoms in total. The third kappa shape index (κ3) is 1.98. The number of aliphatic hydroxyl groups is 1. The van der Waals surface area contributed by atoms with Crippen LogP contribution >= 0.6 is 15.9 Å². The first-order chi connectivity index (χ1) is 12.5. The van der Waals surface area contributed by atoms with Gasteiger partial charge in [-0.05, 0) is 25.1 Å². The third-order valence-electron chi connectivity index (χ3n) is 5.18. The van der Waals surface area contributed by atoms with E-state index < -0.39 is 5.60 Å². The van der Waals surface area contributed by atoms with Gasteiger partial charge in [0.2, 0.25) is 11.4 Å². The number of ketones is 1. The molecular formula is C21H16BrN2O2+. The average molecular weight is 408 g/mol. The summed E-state index contributed by atoms with van der Waals surface area (Å²) in [6, 6.07) is 15.9. The molecule has 0 radical (unpaired) electrons. The van der Waals surface area contributed by atoms with E-state index in [1.165, 1.54) is 6.92 Å². The summed E-state index contributed by atoms with van der Waals surface area (Å²) in [6.45, 7) is 1.52. The number of fused-ring (bicyclic) bond motifs is 7. The lowest BCUT2D eigenvalue weighted by Gasteiger charge is -2.18. The quantitative estimate of drug-likeness (QED) is 0.495. The van der Waals surface area contributed by atoms with E-state index in [0.717, 1.165) is 43.2 Å². The second-order valence-electron chi connectivity index (χ2n) is 6.89. The molecule has 2 aromatic heterocycles. The summed E-state index contributed by atoms with van der Waals surface area (Å²) in [7, 11) is 0. The van der Waals surface area contributed by atoms with Crippen LogP contribution in [0.2, 0.25) is 0 Å². The van der Waals surface area contributed by atoms with Crippen molar-refractivity contribution in [3.8, 4) is 5.69 Å². The smallest absolute Gasteiger partial charge is 0.248 e. The molecule has 0 amide bonds. The highest BCUT2D eigenvalue weighted by Crippen LogP contribution is 2.43. The van der Waals surface area contributed by atoms with Crippen molar-refractivity contribution in [1.82, 2.24) is 4.98 Å². The fourth-order valence-electron chi connectivity index (χ4n) is 4.20. The molecule has 0 bridgehead atoms. The Bertz CT molecular complexity index is 1230. The van der Waals surface area contributed by atoms with Gasteiger partial charge in [0.05, 0.1) is 5.56 Å². The molecule has 0 fully saturated rings. The number of carbonyl (C=O) groups excluding carboxylic acids is 1. The highest BCUT2D eigenvalue weighted by molar-refractivity contribution is 9.10. The van der Waals surface area contributed by atoms with Gasteiger partial charge in [-0.2, -0.15) is 4.57 Å². The Hall–Kier alpha value is -2.50. The van der Waals surface area contributed by atoms with Gasteiger partial charge in [0.15, 0.2) is 11.8 Å². The van der Waals surface area contributed by atoms with Crippen molar-refractivity contribution < 1.29 is 14.5 Å². The van der Waals surface area contributed by atoms with Crippen LogP contribution in [0.25, 0.3) is 27.5 Å². The Kier molecular flexibility index (Phi) is 3.18. The lowest BCUT2D eigenvalue weighted by molar-refractivity contribution is -0.600. The summed E-state index contributed by atoms with van der Waals surface area (Å²) >= 11 is 3.51. The molecule has 0 saturated carbocycles. The molecule has 2 aromatic carbocycles. The normalized spacial score (nSPS) is 18.3. The van der Waals surface area contributed by atoms with Crippen LogP contribution in [0.3, 0.4) is 0 Å². The first-order valence-corrected chi connectivity index (χ1v) is 9.26. The Morgan fingerprint density at radius 3 is 2.81 bits per heavy atom. The molecule has 0 aliphatic carbocycles. The number of Topliss-reactive ketones (excluding diaryl/α,β-unsaturated/α-hetero) is 1. The maximum absolute atomic E-state index is 12.0. The number of aromatic nitrogens is 2. The summed E-state index contributed by atoms with van der Waals surface area (Å²) in [6.07, 6.45) is 2.01. The Balaban J connectivity index is 1.94. The minimum absolute atomic E-state index is 0.0378. The monoisotopic (exact) mass is 407 g/mol. The molecule has 4 aromatic rings. The second-order valence-corrected chi connectivity index (χ2v) is 7.81. The van der Waals surface area contributed by atoms with E-state index >= 15 is 0 Å². The fourth-order valence-corrected chi connectivity index (χ4v) is 4.54. The van der Waals surface area contributed by atoms with E-state index in [9.17, 15) is 9.90 Å². The van der Waals surface area contributed by atoms with E-state index in [2.05, 4.69) is 33.0 Å². The molecule has 1 atom stereocenters. The number of H-pyrrole nitrogens is 1. The Morgan fingerprint density at radius 2 is 2.00 bits per heavy atom. The van der Waals surface area contributed by atoms with Gasteiger partial charge < -0.3 is 10.1 Å². The van der Waals surface area contributed by atoms with Crippen LogP contribution in [0.5, 0.6) is 0 Å². The van der Waals surface area contributed by atoms with Crippen LogP contribution in [0.4, 0.5) is 0 Å². The van der Waals surface area contributed by atoms with E-state index in [0.29, 0.717) is 0 Å². The first-order valence-electron chi connectivity index (χ1n) is 8.47. The second kappa shape index (κ2) is 5.25. The Morgan fingerprint density at radius 1 is 1.19 bits per heavy atom. The maximum Gasteiger partial charge on any atom is 0.248 e. The molecule has 0 spiro atoms. The number of carbonyl (C=O) groups is 1. The number of nitrogens with one attached hydrogen (secondary N) is 1. The predicted molar refractivity (Wildman–Crippen MR) is 103 cm³/mol. The van der Waals surface area contributed by atoms with Crippen LogP contribution in [0, 0.1) is 0 Å². The van der Waals surface area contributed by atoms with Crippen molar-refractivity contribution in [2.24, 2.45) is 0 Å². The topological polar surface area (TPSA) is 57.0 Å². The molecule has 1 aliphatic heterocycles. The minimum atomic E-state index is -1.36. The van der Waals surface area contributed by atoms with Gasteiger partial charge in [-0.3, -0.25) is 4.79 Å². The average Bonchev–Trinajstić information content (AvgIpc) is 3.08. The van der Waals surface area contributed by atoms with Gasteiger partial charge in [0.1, 0.15) is 11.3 Å². The highest BCUT2D eigenvalue weighted by atomic mass is 79.9. The van der Waals surface area contributed by atoms with Gasteiger partial charge in [0.25, 0.3) is 0 Å². The van der Waals surface area contributed by atoms with Crippen molar-refractivity contribution >= 4 is 43.5 Å². The van der Waals surface area contributed by atoms with Crippen molar-refractivity contribution in [2.45, 2.75) is 18.9 Å². The number of benzene rings is 2.